The summed E-state index contributed by atoms with van der Waals surface area (Å²) in [5.41, 5.74) is 1.81. The molecule has 3 amide bonds. The fourth-order valence-electron chi connectivity index (χ4n) is 3.56. The van der Waals surface area contributed by atoms with Crippen molar-refractivity contribution in [2.45, 2.75) is 39.2 Å². The molecule has 9 heteroatoms. The fourth-order valence-corrected chi connectivity index (χ4v) is 3.56. The summed E-state index contributed by atoms with van der Waals surface area (Å²) < 4.78 is 34.8. The second kappa shape index (κ2) is 12.6. The minimum atomic E-state index is -2.96. The summed E-state index contributed by atoms with van der Waals surface area (Å²) in [7, 11) is 0. The van der Waals surface area contributed by atoms with E-state index < -0.39 is 6.61 Å². The Kier molecular flexibility index (Phi) is 9.25. The molecule has 182 valence electrons. The van der Waals surface area contributed by atoms with Crippen molar-refractivity contribution in [3.05, 3.63) is 54.1 Å². The van der Waals surface area contributed by atoms with E-state index in [1.54, 1.807) is 43.3 Å². The summed E-state index contributed by atoms with van der Waals surface area (Å²) in [6.45, 7) is 0.580. The lowest BCUT2D eigenvalue weighted by molar-refractivity contribution is -0.111. The van der Waals surface area contributed by atoms with Crippen molar-refractivity contribution < 1.29 is 27.8 Å². The third kappa shape index (κ3) is 7.75. The second-order valence-corrected chi connectivity index (χ2v) is 7.75. The van der Waals surface area contributed by atoms with Crippen LogP contribution in [0.5, 0.6) is 11.5 Å². The molecule has 1 aliphatic heterocycles. The number of nitrogens with one attached hydrogen (secondary N) is 2. The molecule has 1 fully saturated rings. The van der Waals surface area contributed by atoms with Crippen molar-refractivity contribution in [1.82, 2.24) is 4.90 Å². The molecule has 0 atom stereocenters. The first-order chi connectivity index (χ1) is 16.4. The first kappa shape index (κ1) is 25.0. The van der Waals surface area contributed by atoms with Gasteiger partial charge in [0.05, 0.1) is 6.61 Å². The second-order valence-electron chi connectivity index (χ2n) is 7.75. The molecule has 0 saturated carbocycles. The van der Waals surface area contributed by atoms with Gasteiger partial charge < -0.3 is 25.0 Å². The number of hydrogen-bond donors (Lipinski definition) is 2. The maximum absolute atomic E-state index is 12.5. The molecule has 2 aromatic rings. The number of nitrogens with zero attached hydrogens (tertiary/aromatic N) is 1. The van der Waals surface area contributed by atoms with Gasteiger partial charge in [-0.05, 0) is 67.8 Å². The average Bonchev–Trinajstić information content (AvgIpc) is 3.10. The highest BCUT2D eigenvalue weighted by molar-refractivity contribution is 6.02. The van der Waals surface area contributed by atoms with Crippen LogP contribution in [0.15, 0.2) is 48.5 Å². The highest BCUT2D eigenvalue weighted by atomic mass is 19.3. The normalized spacial score (nSPS) is 14.1. The van der Waals surface area contributed by atoms with Crippen LogP contribution in [-0.4, -0.2) is 43.1 Å². The fraction of sp³-hybridized carbons (Fsp3) is 0.360. The number of halogens is 2. The third-order valence-corrected chi connectivity index (χ3v) is 5.21. The van der Waals surface area contributed by atoms with Crippen molar-refractivity contribution >= 4 is 29.4 Å². The zero-order valence-electron chi connectivity index (χ0n) is 19.1. The van der Waals surface area contributed by atoms with Crippen molar-refractivity contribution in [3.63, 3.8) is 0 Å². The molecule has 0 bridgehead atoms. The Morgan fingerprint density at radius 3 is 2.24 bits per heavy atom. The highest BCUT2D eigenvalue weighted by Crippen LogP contribution is 2.30. The largest absolute Gasteiger partial charge is 0.490 e. The van der Waals surface area contributed by atoms with Crippen molar-refractivity contribution in [3.8, 4) is 11.5 Å². The standard InChI is InChI=1S/C25H29F2N3O4/c1-2-33-22-17-18(7-13-21(22)34-24(26)27)8-14-23(31)28-19-9-11-20(12-10-19)29-25(32)30-15-5-3-4-6-16-30/h7-14,17,24H,2-6,15-16H2,1H3,(H,28,31)(H,29,32)/b14-8+. The quantitative estimate of drug-likeness (QED) is 0.479. The average molecular weight is 474 g/mol. The van der Waals surface area contributed by atoms with E-state index in [0.717, 1.165) is 38.8 Å². The highest BCUT2D eigenvalue weighted by Gasteiger charge is 2.15. The van der Waals surface area contributed by atoms with Gasteiger partial charge in [-0.2, -0.15) is 8.78 Å². The zero-order chi connectivity index (χ0) is 24.3. The summed E-state index contributed by atoms with van der Waals surface area (Å²) in [6.07, 6.45) is 7.21. The number of alkyl halides is 2. The van der Waals surface area contributed by atoms with Crippen molar-refractivity contribution in [2.24, 2.45) is 0 Å². The minimum absolute atomic E-state index is 0.0681. The van der Waals surface area contributed by atoms with Gasteiger partial charge in [0.15, 0.2) is 11.5 Å². The van der Waals surface area contributed by atoms with E-state index in [1.165, 1.54) is 18.2 Å². The van der Waals surface area contributed by atoms with E-state index in [2.05, 4.69) is 15.4 Å². The van der Waals surface area contributed by atoms with Crippen LogP contribution in [0.2, 0.25) is 0 Å². The van der Waals surface area contributed by atoms with Crippen LogP contribution in [-0.2, 0) is 4.79 Å². The minimum Gasteiger partial charge on any atom is -0.490 e. The van der Waals surface area contributed by atoms with Crippen LogP contribution in [0.1, 0.15) is 38.2 Å². The number of benzene rings is 2. The van der Waals surface area contributed by atoms with Gasteiger partial charge in [-0.3, -0.25) is 4.79 Å². The molecule has 2 aromatic carbocycles. The molecule has 2 N–H and O–H groups in total. The summed E-state index contributed by atoms with van der Waals surface area (Å²) in [5, 5.41) is 5.63. The van der Waals surface area contributed by atoms with E-state index in [1.807, 2.05) is 4.90 Å². The summed E-state index contributed by atoms with van der Waals surface area (Å²) in [6, 6.07) is 11.2. The van der Waals surface area contributed by atoms with Gasteiger partial charge in [0.25, 0.3) is 0 Å². The molecule has 1 heterocycles. The van der Waals surface area contributed by atoms with Gasteiger partial charge in [-0.15, -0.1) is 0 Å². The monoisotopic (exact) mass is 473 g/mol. The Labute approximate surface area is 197 Å². The number of rotatable bonds is 8. The lowest BCUT2D eigenvalue weighted by atomic mass is 10.2. The Hall–Kier alpha value is -3.62. The molecule has 7 nitrogen and oxygen atoms in total. The van der Waals surface area contributed by atoms with Gasteiger partial charge in [0, 0.05) is 30.5 Å². The van der Waals surface area contributed by atoms with Gasteiger partial charge in [-0.1, -0.05) is 18.9 Å². The molecule has 0 aromatic heterocycles. The van der Waals surface area contributed by atoms with E-state index in [-0.39, 0.29) is 30.0 Å². The maximum atomic E-state index is 12.5. The smallest absolute Gasteiger partial charge is 0.387 e. The summed E-state index contributed by atoms with van der Waals surface area (Å²) >= 11 is 0. The number of hydrogen-bond acceptors (Lipinski definition) is 4. The first-order valence-corrected chi connectivity index (χ1v) is 11.3. The third-order valence-electron chi connectivity index (χ3n) is 5.21. The number of anilines is 2. The van der Waals surface area contributed by atoms with Crippen LogP contribution in [0.3, 0.4) is 0 Å². The molecule has 3 rings (SSSR count). The topological polar surface area (TPSA) is 79.9 Å². The van der Waals surface area contributed by atoms with E-state index >= 15 is 0 Å². The van der Waals surface area contributed by atoms with Crippen LogP contribution in [0.4, 0.5) is 25.0 Å². The molecule has 1 saturated heterocycles. The Morgan fingerprint density at radius 2 is 1.62 bits per heavy atom. The van der Waals surface area contributed by atoms with E-state index in [9.17, 15) is 18.4 Å². The number of ether oxygens (including phenoxy) is 2. The molecule has 1 aliphatic rings. The van der Waals surface area contributed by atoms with Gasteiger partial charge >= 0.3 is 12.6 Å². The Balaban J connectivity index is 1.55. The zero-order valence-corrected chi connectivity index (χ0v) is 19.1. The molecule has 0 radical (unpaired) electrons. The van der Waals surface area contributed by atoms with Gasteiger partial charge in [-0.25, -0.2) is 4.79 Å². The predicted molar refractivity (Wildman–Crippen MR) is 127 cm³/mol. The Bertz CT molecular complexity index is 988. The van der Waals surface area contributed by atoms with Crippen LogP contribution in [0, 0.1) is 0 Å². The lowest BCUT2D eigenvalue weighted by Crippen LogP contribution is -2.35. The maximum Gasteiger partial charge on any atom is 0.387 e. The predicted octanol–water partition coefficient (Wildman–Crippen LogP) is 5.75. The number of urea groups is 1. The molecular formula is C25H29F2N3O4. The Morgan fingerprint density at radius 1 is 0.971 bits per heavy atom. The van der Waals surface area contributed by atoms with Crippen LogP contribution < -0.4 is 20.1 Å². The first-order valence-electron chi connectivity index (χ1n) is 11.3. The summed E-state index contributed by atoms with van der Waals surface area (Å²) in [5.74, 6) is -0.267. The SMILES string of the molecule is CCOc1cc(/C=C/C(=O)Nc2ccc(NC(=O)N3CCCCCC3)cc2)ccc1OC(F)F. The van der Waals surface area contributed by atoms with E-state index in [0.29, 0.717) is 16.9 Å². The van der Waals surface area contributed by atoms with Crippen molar-refractivity contribution in [2.75, 3.05) is 30.3 Å². The number of likely N-dealkylation sites (tertiary alicyclic amines) is 1. The molecule has 0 aliphatic carbocycles. The van der Waals surface area contributed by atoms with Crippen LogP contribution >= 0.6 is 0 Å². The number of carbonyl (C=O) groups is 2. The summed E-state index contributed by atoms with van der Waals surface area (Å²) in [4.78, 5) is 26.5. The number of carbonyl (C=O) groups excluding carboxylic acids is 2. The lowest BCUT2D eigenvalue weighted by Gasteiger charge is -2.20. The van der Waals surface area contributed by atoms with Gasteiger partial charge in [0.1, 0.15) is 0 Å². The molecular weight excluding hydrogens is 444 g/mol. The number of amides is 3. The van der Waals surface area contributed by atoms with Gasteiger partial charge in [0.2, 0.25) is 5.91 Å². The molecule has 0 unspecified atom stereocenters. The van der Waals surface area contributed by atoms with Crippen LogP contribution in [0.25, 0.3) is 6.08 Å². The molecule has 0 spiro atoms. The van der Waals surface area contributed by atoms with Crippen molar-refractivity contribution in [1.29, 1.82) is 0 Å². The van der Waals surface area contributed by atoms with E-state index in [4.69, 9.17) is 4.74 Å². The molecule has 34 heavy (non-hydrogen) atoms.